The molecule has 11 heteroatoms. The number of piperidine rings is 1. The minimum Gasteiger partial charge on any atom is -0.359 e. The Bertz CT molecular complexity index is 1480. The highest BCUT2D eigenvalue weighted by Crippen LogP contribution is 2.41. The minimum absolute atomic E-state index is 0.180. The Hall–Kier alpha value is -4.12. The highest BCUT2D eigenvalue weighted by molar-refractivity contribution is 6.09. The van der Waals surface area contributed by atoms with Crippen molar-refractivity contribution in [2.24, 2.45) is 10.9 Å². The van der Waals surface area contributed by atoms with Crippen LogP contribution < -0.4 is 5.32 Å². The van der Waals surface area contributed by atoms with E-state index in [0.29, 0.717) is 61.5 Å². The van der Waals surface area contributed by atoms with Crippen molar-refractivity contribution in [3.05, 3.63) is 107 Å². The highest BCUT2D eigenvalue weighted by atomic mass is 19.4. The van der Waals surface area contributed by atoms with E-state index in [2.05, 4.69) is 10.2 Å². The molecule has 1 fully saturated rings. The predicted octanol–water partition coefficient (Wildman–Crippen LogP) is 5.73. The average molecular weight is 613 g/mol. The number of nitrogens with one attached hydrogen (secondary N) is 1. The molecule has 2 amide bonds. The maximum atomic E-state index is 14.0. The second-order valence-electron chi connectivity index (χ2n) is 11.2. The van der Waals surface area contributed by atoms with Crippen molar-refractivity contribution < 1.29 is 31.5 Å². The Morgan fingerprint density at radius 3 is 2.02 bits per heavy atom. The third-order valence-electron chi connectivity index (χ3n) is 8.60. The lowest BCUT2D eigenvalue weighted by molar-refractivity contribution is -0.137. The van der Waals surface area contributed by atoms with Gasteiger partial charge in [0.2, 0.25) is 5.91 Å². The predicted molar refractivity (Wildman–Crippen MR) is 156 cm³/mol. The number of amidine groups is 1. The van der Waals surface area contributed by atoms with E-state index in [-0.39, 0.29) is 17.7 Å². The first kappa shape index (κ1) is 31.3. The monoisotopic (exact) mass is 612 g/mol. The molecule has 44 heavy (non-hydrogen) atoms. The van der Waals surface area contributed by atoms with Gasteiger partial charge in [-0.1, -0.05) is 36.4 Å². The molecule has 3 aromatic carbocycles. The molecule has 0 bridgehead atoms. The lowest BCUT2D eigenvalue weighted by Gasteiger charge is -2.38. The zero-order valence-corrected chi connectivity index (χ0v) is 24.4. The molecule has 5 rings (SSSR count). The number of benzene rings is 3. The second-order valence-corrected chi connectivity index (χ2v) is 11.2. The topological polar surface area (TPSA) is 65.0 Å². The van der Waals surface area contributed by atoms with Crippen LogP contribution in [-0.2, 0) is 21.3 Å². The van der Waals surface area contributed by atoms with Crippen molar-refractivity contribution in [1.82, 2.24) is 15.1 Å². The summed E-state index contributed by atoms with van der Waals surface area (Å²) in [6.45, 7) is 3.69. The van der Waals surface area contributed by atoms with Gasteiger partial charge in [-0.15, -0.1) is 0 Å². The maximum Gasteiger partial charge on any atom is 0.416 e. The van der Waals surface area contributed by atoms with Crippen molar-refractivity contribution in [2.75, 3.05) is 33.2 Å². The largest absolute Gasteiger partial charge is 0.416 e. The van der Waals surface area contributed by atoms with E-state index >= 15 is 0 Å². The van der Waals surface area contributed by atoms with Gasteiger partial charge in [-0.05, 0) is 91.9 Å². The number of alkyl halides is 3. The number of carbonyl (C=O) groups excluding carboxylic acids is 2. The number of hydrogen-bond acceptors (Lipinski definition) is 4. The van der Waals surface area contributed by atoms with Crippen LogP contribution in [0.3, 0.4) is 0 Å². The number of aliphatic imine (C=N–C) groups is 1. The van der Waals surface area contributed by atoms with Gasteiger partial charge in [0.25, 0.3) is 5.91 Å². The van der Waals surface area contributed by atoms with E-state index < -0.39 is 34.8 Å². The van der Waals surface area contributed by atoms with Crippen LogP contribution in [0.4, 0.5) is 22.0 Å². The van der Waals surface area contributed by atoms with Crippen molar-refractivity contribution in [3.8, 4) is 0 Å². The van der Waals surface area contributed by atoms with Crippen molar-refractivity contribution in [1.29, 1.82) is 0 Å². The molecule has 0 spiro atoms. The van der Waals surface area contributed by atoms with E-state index in [9.17, 15) is 31.5 Å². The fourth-order valence-electron chi connectivity index (χ4n) is 6.33. The Kier molecular flexibility index (Phi) is 8.88. The molecule has 1 N–H and O–H groups in total. The van der Waals surface area contributed by atoms with Gasteiger partial charge in [-0.2, -0.15) is 13.2 Å². The van der Waals surface area contributed by atoms with E-state index in [1.165, 1.54) is 60.7 Å². The summed E-state index contributed by atoms with van der Waals surface area (Å²) in [6.07, 6.45) is -3.28. The van der Waals surface area contributed by atoms with Crippen molar-refractivity contribution in [2.45, 2.75) is 37.4 Å². The highest BCUT2D eigenvalue weighted by Gasteiger charge is 2.50. The molecule has 0 radical (unpaired) electrons. The number of halogens is 5. The summed E-state index contributed by atoms with van der Waals surface area (Å²) in [5, 5.41) is 2.69. The molecule has 3 aromatic rings. The molecule has 2 aliphatic rings. The van der Waals surface area contributed by atoms with E-state index in [0.717, 1.165) is 12.1 Å². The third kappa shape index (κ3) is 6.10. The summed E-state index contributed by atoms with van der Waals surface area (Å²) in [5.41, 5.74) is -0.574. The van der Waals surface area contributed by atoms with Crippen LogP contribution in [0.1, 0.15) is 47.9 Å². The number of amides is 2. The lowest BCUT2D eigenvalue weighted by atomic mass is 9.79. The fraction of sp³-hybridized carbons (Fsp3) is 0.364. The number of hydrogen-bond donors (Lipinski definition) is 1. The van der Waals surface area contributed by atoms with Gasteiger partial charge in [0.05, 0.1) is 11.5 Å². The van der Waals surface area contributed by atoms with Crippen LogP contribution in [-0.4, -0.2) is 60.7 Å². The van der Waals surface area contributed by atoms with Crippen LogP contribution in [0.2, 0.25) is 0 Å². The first-order valence-corrected chi connectivity index (χ1v) is 14.5. The standard InChI is InChI=1S/C33H33F5N4O2/c1-21-40-32(23-8-12-26(34)13-9-23,24-10-14-27(35)15-11-24)31(44)42(21)18-3-17-41-19-16-28(29(20-41)30(43)39-2)22-4-6-25(7-5-22)33(36,37)38/h4-15,28-29H,3,16-20H2,1-2H3,(H,39,43). The SMILES string of the molecule is CNC(=O)C1CN(CCCN2C(=O)C(c3ccc(F)cc3)(c3ccc(F)cc3)N=C2C)CCC1c1ccc(C(F)(F)F)cc1. The summed E-state index contributed by atoms with van der Waals surface area (Å²) >= 11 is 0. The van der Waals surface area contributed by atoms with E-state index in [1.54, 1.807) is 18.9 Å². The van der Waals surface area contributed by atoms with Crippen LogP contribution >= 0.6 is 0 Å². The summed E-state index contributed by atoms with van der Waals surface area (Å²) in [4.78, 5) is 35.4. The Morgan fingerprint density at radius 2 is 1.50 bits per heavy atom. The van der Waals surface area contributed by atoms with Gasteiger partial charge < -0.3 is 10.2 Å². The number of rotatable bonds is 8. The van der Waals surface area contributed by atoms with Gasteiger partial charge in [0.15, 0.2) is 5.54 Å². The number of likely N-dealkylation sites (tertiary alicyclic amines) is 1. The minimum atomic E-state index is -4.43. The zero-order valence-electron chi connectivity index (χ0n) is 24.4. The smallest absolute Gasteiger partial charge is 0.359 e. The second kappa shape index (κ2) is 12.5. The molecule has 2 unspecified atom stereocenters. The van der Waals surface area contributed by atoms with Crippen molar-refractivity contribution >= 4 is 17.6 Å². The molecule has 0 saturated carbocycles. The Labute approximate surface area is 252 Å². The molecule has 2 atom stereocenters. The molecule has 0 aromatic heterocycles. The molecule has 232 valence electrons. The molecular formula is C33H33F5N4O2. The van der Waals surface area contributed by atoms with Gasteiger partial charge in [-0.3, -0.25) is 14.5 Å². The van der Waals surface area contributed by atoms with Gasteiger partial charge in [0, 0.05) is 20.1 Å². The first-order chi connectivity index (χ1) is 20.9. The Balaban J connectivity index is 1.28. The molecule has 2 heterocycles. The number of carbonyl (C=O) groups is 2. The Morgan fingerprint density at radius 1 is 0.932 bits per heavy atom. The first-order valence-electron chi connectivity index (χ1n) is 14.5. The van der Waals surface area contributed by atoms with Gasteiger partial charge in [0.1, 0.15) is 17.5 Å². The summed E-state index contributed by atoms with van der Waals surface area (Å²) in [6, 6.07) is 16.1. The summed E-state index contributed by atoms with van der Waals surface area (Å²) in [7, 11) is 1.54. The van der Waals surface area contributed by atoms with Crippen LogP contribution in [0, 0.1) is 17.6 Å². The normalized spacial score (nSPS) is 20.5. The van der Waals surface area contributed by atoms with E-state index in [4.69, 9.17) is 4.99 Å². The molecule has 0 aliphatic carbocycles. The van der Waals surface area contributed by atoms with Crippen LogP contribution in [0.5, 0.6) is 0 Å². The fourth-order valence-corrected chi connectivity index (χ4v) is 6.33. The van der Waals surface area contributed by atoms with Gasteiger partial charge >= 0.3 is 6.18 Å². The van der Waals surface area contributed by atoms with Crippen molar-refractivity contribution in [3.63, 3.8) is 0 Å². The molecule has 6 nitrogen and oxygen atoms in total. The van der Waals surface area contributed by atoms with Crippen LogP contribution in [0.25, 0.3) is 0 Å². The van der Waals surface area contributed by atoms with E-state index in [1.807, 2.05) is 0 Å². The molecule has 2 aliphatic heterocycles. The summed E-state index contributed by atoms with van der Waals surface area (Å²) in [5.74, 6) is -1.61. The van der Waals surface area contributed by atoms with Gasteiger partial charge in [-0.25, -0.2) is 13.8 Å². The lowest BCUT2D eigenvalue weighted by Crippen LogP contribution is -2.47. The molecular weight excluding hydrogens is 579 g/mol. The maximum absolute atomic E-state index is 14.0. The zero-order chi connectivity index (χ0) is 31.6. The average Bonchev–Trinajstić information content (AvgIpc) is 3.26. The summed E-state index contributed by atoms with van der Waals surface area (Å²) < 4.78 is 66.7. The third-order valence-corrected chi connectivity index (χ3v) is 8.60. The quantitative estimate of drug-likeness (QED) is 0.331. The number of nitrogens with zero attached hydrogens (tertiary/aromatic N) is 3. The molecule has 1 saturated heterocycles. The van der Waals surface area contributed by atoms with Crippen LogP contribution in [0.15, 0.2) is 77.8 Å².